The minimum absolute atomic E-state index is 0.00706. The van der Waals surface area contributed by atoms with E-state index in [0.717, 1.165) is 23.8 Å². The summed E-state index contributed by atoms with van der Waals surface area (Å²) in [5.41, 5.74) is -0.427. The van der Waals surface area contributed by atoms with Crippen molar-refractivity contribution < 1.29 is 9.50 Å². The van der Waals surface area contributed by atoms with Crippen LogP contribution in [-0.2, 0) is 6.54 Å². The number of aromatic hydroxyl groups is 1. The van der Waals surface area contributed by atoms with Gasteiger partial charge in [0, 0.05) is 12.1 Å². The first kappa shape index (κ1) is 19.3. The molecule has 0 saturated heterocycles. The molecule has 1 aromatic heterocycles. The van der Waals surface area contributed by atoms with Gasteiger partial charge >= 0.3 is 0 Å². The standard InChI is InChI=1S/C19H21FN4O2/c1-3-4-5-8-11-24-18(25)14(12-21)13(2)17(19(24)26)23-22-16-10-7-6-9-15(16)20/h6-7,9-10,25H,3-5,8,11H2,1-2H3. The molecule has 0 aliphatic heterocycles. The number of hydrogen-bond donors (Lipinski definition) is 1. The van der Waals surface area contributed by atoms with Crippen LogP contribution in [0.25, 0.3) is 0 Å². The zero-order valence-corrected chi connectivity index (χ0v) is 14.9. The molecule has 0 amide bonds. The molecule has 0 bridgehead atoms. The molecule has 0 radical (unpaired) electrons. The molecule has 0 atom stereocenters. The van der Waals surface area contributed by atoms with Gasteiger partial charge in [0.2, 0.25) is 5.88 Å². The third kappa shape index (κ3) is 4.14. The van der Waals surface area contributed by atoms with E-state index in [1.54, 1.807) is 6.07 Å². The molecule has 0 spiro atoms. The number of hydrogen-bond acceptors (Lipinski definition) is 5. The van der Waals surface area contributed by atoms with Crippen molar-refractivity contribution in [3.63, 3.8) is 0 Å². The van der Waals surface area contributed by atoms with Crippen LogP contribution in [0.5, 0.6) is 5.88 Å². The van der Waals surface area contributed by atoms with Crippen LogP contribution in [0, 0.1) is 24.1 Å². The van der Waals surface area contributed by atoms with Crippen LogP contribution in [0.1, 0.15) is 43.7 Å². The van der Waals surface area contributed by atoms with Crippen molar-refractivity contribution in [3.05, 3.63) is 51.6 Å². The first-order valence-electron chi connectivity index (χ1n) is 8.54. The summed E-state index contributed by atoms with van der Waals surface area (Å²) in [5, 5.41) is 27.3. The fourth-order valence-corrected chi connectivity index (χ4v) is 2.60. The van der Waals surface area contributed by atoms with Gasteiger partial charge in [0.25, 0.3) is 5.56 Å². The summed E-state index contributed by atoms with van der Waals surface area (Å²) >= 11 is 0. The number of pyridine rings is 1. The molecular weight excluding hydrogens is 335 g/mol. The van der Waals surface area contributed by atoms with Gasteiger partial charge < -0.3 is 5.11 Å². The van der Waals surface area contributed by atoms with Crippen LogP contribution in [0.2, 0.25) is 0 Å². The number of aromatic nitrogens is 1. The van der Waals surface area contributed by atoms with Crippen molar-refractivity contribution >= 4 is 11.4 Å². The molecule has 2 rings (SSSR count). The van der Waals surface area contributed by atoms with Crippen molar-refractivity contribution in [1.29, 1.82) is 5.26 Å². The second-order valence-electron chi connectivity index (χ2n) is 5.95. The molecule has 0 unspecified atom stereocenters. The minimum Gasteiger partial charge on any atom is -0.493 e. The Morgan fingerprint density at radius 1 is 1.23 bits per heavy atom. The zero-order valence-electron chi connectivity index (χ0n) is 14.9. The Balaban J connectivity index is 2.47. The average Bonchev–Trinajstić information content (AvgIpc) is 2.62. The lowest BCUT2D eigenvalue weighted by atomic mass is 10.1. The second kappa shape index (κ2) is 8.90. The van der Waals surface area contributed by atoms with E-state index in [-0.39, 0.29) is 34.9 Å². The Bertz CT molecular complexity index is 913. The third-order valence-electron chi connectivity index (χ3n) is 4.11. The Morgan fingerprint density at radius 2 is 1.96 bits per heavy atom. The fourth-order valence-electron chi connectivity index (χ4n) is 2.60. The lowest BCUT2D eigenvalue weighted by Crippen LogP contribution is -2.22. The third-order valence-corrected chi connectivity index (χ3v) is 4.11. The lowest BCUT2D eigenvalue weighted by Gasteiger charge is -2.12. The first-order chi connectivity index (χ1) is 12.5. The second-order valence-corrected chi connectivity index (χ2v) is 5.95. The normalized spacial score (nSPS) is 11.0. The summed E-state index contributed by atoms with van der Waals surface area (Å²) in [7, 11) is 0. The molecule has 0 fully saturated rings. The summed E-state index contributed by atoms with van der Waals surface area (Å²) in [5.74, 6) is -0.926. The van der Waals surface area contributed by atoms with Gasteiger partial charge in [0.1, 0.15) is 17.3 Å². The number of rotatable bonds is 7. The van der Waals surface area contributed by atoms with Crippen LogP contribution in [0.15, 0.2) is 39.3 Å². The topological polar surface area (TPSA) is 90.7 Å². The molecule has 1 aromatic carbocycles. The Labute approximate surface area is 151 Å². The molecule has 0 aliphatic carbocycles. The smallest absolute Gasteiger partial charge is 0.281 e. The summed E-state index contributed by atoms with van der Waals surface area (Å²) < 4.78 is 14.8. The summed E-state index contributed by atoms with van der Waals surface area (Å²) in [4.78, 5) is 12.7. The molecule has 2 aromatic rings. The maximum atomic E-state index is 13.7. The number of nitriles is 1. The van der Waals surface area contributed by atoms with Gasteiger partial charge in [-0.05, 0) is 25.5 Å². The average molecular weight is 356 g/mol. The number of azo groups is 1. The highest BCUT2D eigenvalue weighted by Gasteiger charge is 2.19. The van der Waals surface area contributed by atoms with Gasteiger partial charge in [0.05, 0.1) is 0 Å². The molecule has 7 heteroatoms. The molecule has 136 valence electrons. The predicted molar refractivity (Wildman–Crippen MR) is 96.5 cm³/mol. The monoisotopic (exact) mass is 356 g/mol. The number of halogens is 1. The van der Waals surface area contributed by atoms with Crippen LogP contribution in [0.3, 0.4) is 0 Å². The van der Waals surface area contributed by atoms with E-state index < -0.39 is 11.4 Å². The van der Waals surface area contributed by atoms with E-state index in [9.17, 15) is 19.6 Å². The van der Waals surface area contributed by atoms with Crippen LogP contribution in [0.4, 0.5) is 15.8 Å². The van der Waals surface area contributed by atoms with Gasteiger partial charge in [-0.25, -0.2) is 4.39 Å². The van der Waals surface area contributed by atoms with Crippen LogP contribution >= 0.6 is 0 Å². The Hall–Kier alpha value is -3.01. The van der Waals surface area contributed by atoms with E-state index in [0.29, 0.717) is 6.42 Å². The SMILES string of the molecule is CCCCCCn1c(O)c(C#N)c(C)c(N=Nc2ccccc2F)c1=O. The van der Waals surface area contributed by atoms with Crippen LogP contribution in [-0.4, -0.2) is 9.67 Å². The number of unbranched alkanes of at least 4 members (excludes halogenated alkanes) is 3. The van der Waals surface area contributed by atoms with Gasteiger partial charge in [-0.15, -0.1) is 10.2 Å². The molecule has 0 aliphatic rings. The highest BCUT2D eigenvalue weighted by atomic mass is 19.1. The van der Waals surface area contributed by atoms with E-state index in [1.807, 2.05) is 6.07 Å². The van der Waals surface area contributed by atoms with E-state index in [1.165, 1.54) is 25.1 Å². The summed E-state index contributed by atoms with van der Waals surface area (Å²) in [6, 6.07) is 7.70. The Kier molecular flexibility index (Phi) is 6.61. The highest BCUT2D eigenvalue weighted by Crippen LogP contribution is 2.27. The molecular formula is C19H21FN4O2. The van der Waals surface area contributed by atoms with Gasteiger partial charge in [0.15, 0.2) is 11.5 Å². The largest absolute Gasteiger partial charge is 0.493 e. The molecule has 1 N–H and O–H groups in total. The zero-order chi connectivity index (χ0) is 19.1. The van der Waals surface area contributed by atoms with E-state index in [2.05, 4.69) is 17.2 Å². The number of benzene rings is 1. The predicted octanol–water partition coefficient (Wildman–Crippen LogP) is 4.87. The van der Waals surface area contributed by atoms with Crippen molar-refractivity contribution in [2.75, 3.05) is 0 Å². The van der Waals surface area contributed by atoms with Crippen molar-refractivity contribution in [2.24, 2.45) is 10.2 Å². The maximum absolute atomic E-state index is 13.7. The van der Waals surface area contributed by atoms with Crippen LogP contribution < -0.4 is 5.56 Å². The van der Waals surface area contributed by atoms with Gasteiger partial charge in [-0.1, -0.05) is 38.3 Å². The van der Waals surface area contributed by atoms with Gasteiger partial charge in [-0.3, -0.25) is 9.36 Å². The number of nitrogens with zero attached hydrogens (tertiary/aromatic N) is 4. The fraction of sp³-hybridized carbons (Fsp3) is 0.368. The quantitative estimate of drug-likeness (QED) is 0.567. The van der Waals surface area contributed by atoms with Crippen molar-refractivity contribution in [1.82, 2.24) is 4.57 Å². The lowest BCUT2D eigenvalue weighted by molar-refractivity contribution is 0.397. The minimum atomic E-state index is -0.562. The van der Waals surface area contributed by atoms with E-state index >= 15 is 0 Å². The maximum Gasteiger partial charge on any atom is 0.281 e. The molecule has 26 heavy (non-hydrogen) atoms. The van der Waals surface area contributed by atoms with Gasteiger partial charge in [-0.2, -0.15) is 5.26 Å². The molecule has 1 heterocycles. The Morgan fingerprint density at radius 3 is 2.62 bits per heavy atom. The molecule has 0 saturated carbocycles. The highest BCUT2D eigenvalue weighted by molar-refractivity contribution is 5.56. The summed E-state index contributed by atoms with van der Waals surface area (Å²) in [6.07, 6.45) is 3.66. The van der Waals surface area contributed by atoms with Crippen molar-refractivity contribution in [3.8, 4) is 11.9 Å². The molecule has 6 nitrogen and oxygen atoms in total. The van der Waals surface area contributed by atoms with Crippen molar-refractivity contribution in [2.45, 2.75) is 46.1 Å². The first-order valence-corrected chi connectivity index (χ1v) is 8.54. The van der Waals surface area contributed by atoms with E-state index in [4.69, 9.17) is 0 Å². The summed E-state index contributed by atoms with van der Waals surface area (Å²) in [6.45, 7) is 3.86.